The number of nitrogens with zero attached hydrogens (tertiary/aromatic N) is 2. The lowest BCUT2D eigenvalue weighted by atomic mass is 9.95. The van der Waals surface area contributed by atoms with Gasteiger partial charge in [-0.25, -0.2) is 0 Å². The van der Waals surface area contributed by atoms with Gasteiger partial charge in [0.1, 0.15) is 11.5 Å². The van der Waals surface area contributed by atoms with Gasteiger partial charge < -0.3 is 24.4 Å². The summed E-state index contributed by atoms with van der Waals surface area (Å²) >= 11 is 0. The van der Waals surface area contributed by atoms with Gasteiger partial charge in [-0.2, -0.15) is 10.2 Å². The van der Waals surface area contributed by atoms with Crippen LogP contribution in [0, 0.1) is 5.41 Å². The number of hydrogen-bond acceptors (Lipinski definition) is 7. The molecule has 0 aromatic heterocycles. The van der Waals surface area contributed by atoms with Crippen molar-refractivity contribution in [1.29, 1.82) is 0 Å². The van der Waals surface area contributed by atoms with E-state index in [4.69, 9.17) is 14.2 Å². The third kappa shape index (κ3) is 12.5. The average Bonchev–Trinajstić information content (AvgIpc) is 2.92. The highest BCUT2D eigenvalue weighted by Gasteiger charge is 2.22. The molecule has 0 saturated carbocycles. The van der Waals surface area contributed by atoms with E-state index in [1.807, 2.05) is 55.5 Å². The molecule has 0 bridgehead atoms. The Morgan fingerprint density at radius 1 is 0.639 bits per heavy atom. The van der Waals surface area contributed by atoms with E-state index in [0.29, 0.717) is 19.8 Å². The third-order valence-corrected chi connectivity index (χ3v) is 5.89. The summed E-state index contributed by atoms with van der Waals surface area (Å²) in [5.41, 5.74) is 1.01. The highest BCUT2D eigenvalue weighted by atomic mass is 16.5. The van der Waals surface area contributed by atoms with Gasteiger partial charge in [0.05, 0.1) is 44.4 Å². The Hall–Kier alpha value is -2.48. The fourth-order valence-electron chi connectivity index (χ4n) is 3.36. The first-order chi connectivity index (χ1) is 17.6. The summed E-state index contributed by atoms with van der Waals surface area (Å²) < 4.78 is 17.2. The Morgan fingerprint density at radius 2 is 1.08 bits per heavy atom. The Morgan fingerprint density at radius 3 is 1.53 bits per heavy atom. The molecule has 2 aromatic carbocycles. The van der Waals surface area contributed by atoms with Crippen LogP contribution in [-0.2, 0) is 4.74 Å². The van der Waals surface area contributed by atoms with E-state index in [-0.39, 0.29) is 13.2 Å². The fourth-order valence-corrected chi connectivity index (χ4v) is 3.36. The van der Waals surface area contributed by atoms with Crippen molar-refractivity contribution >= 4 is 11.4 Å². The van der Waals surface area contributed by atoms with Crippen molar-refractivity contribution in [2.75, 3.05) is 39.6 Å². The zero-order valence-electron chi connectivity index (χ0n) is 22.0. The smallest absolute Gasteiger partial charge is 0.119 e. The maximum atomic E-state index is 9.25. The van der Waals surface area contributed by atoms with E-state index < -0.39 is 5.41 Å². The minimum absolute atomic E-state index is 0.0757. The molecule has 7 nitrogen and oxygen atoms in total. The molecule has 200 valence electrons. The molecule has 0 aliphatic carbocycles. The topological polar surface area (TPSA) is 92.9 Å². The van der Waals surface area contributed by atoms with Crippen LogP contribution in [0.5, 0.6) is 11.5 Å². The minimum Gasteiger partial charge on any atom is -0.494 e. The predicted molar refractivity (Wildman–Crippen MR) is 144 cm³/mol. The summed E-state index contributed by atoms with van der Waals surface area (Å²) in [5, 5.41) is 27.1. The van der Waals surface area contributed by atoms with Crippen LogP contribution in [0.25, 0.3) is 0 Å². The maximum absolute atomic E-state index is 9.25. The number of aliphatic hydroxyl groups is 2. The minimum atomic E-state index is -0.557. The first-order valence-corrected chi connectivity index (χ1v) is 13.3. The zero-order chi connectivity index (χ0) is 25.9. The van der Waals surface area contributed by atoms with Crippen molar-refractivity contribution in [3.8, 4) is 11.5 Å². The number of rotatable bonds is 20. The van der Waals surface area contributed by atoms with E-state index in [1.54, 1.807) is 0 Å². The molecule has 0 aliphatic heterocycles. The first-order valence-electron chi connectivity index (χ1n) is 13.3. The predicted octanol–water partition coefficient (Wildman–Crippen LogP) is 7.01. The molecular formula is C29H44N2O5. The molecule has 0 heterocycles. The van der Waals surface area contributed by atoms with Crippen molar-refractivity contribution in [1.82, 2.24) is 0 Å². The second-order valence-electron chi connectivity index (χ2n) is 9.54. The molecule has 0 spiro atoms. The van der Waals surface area contributed by atoms with Crippen LogP contribution in [0.1, 0.15) is 65.2 Å². The second-order valence-corrected chi connectivity index (χ2v) is 9.54. The summed E-state index contributed by atoms with van der Waals surface area (Å²) in [6.07, 6.45) is 8.85. The van der Waals surface area contributed by atoms with E-state index in [1.165, 1.54) is 19.3 Å². The van der Waals surface area contributed by atoms with Crippen LogP contribution in [0.15, 0.2) is 58.8 Å². The highest BCUT2D eigenvalue weighted by molar-refractivity contribution is 5.44. The van der Waals surface area contributed by atoms with Crippen LogP contribution in [0.2, 0.25) is 0 Å². The van der Waals surface area contributed by atoms with Gasteiger partial charge in [-0.05, 0) is 74.2 Å². The van der Waals surface area contributed by atoms with Crippen LogP contribution in [-0.4, -0.2) is 49.9 Å². The molecule has 2 N–H and O–H groups in total. The standard InChI is InChI=1S/C29H44N2O5/c1-3-4-5-9-20-35-27-15-11-25(12-16-27)30-31-26-13-17-28(18-14-26)36-21-10-7-6-8-19-34-24-29(2,22-32)23-33/h11-18,32-33H,3-10,19-24H2,1-2H3. The summed E-state index contributed by atoms with van der Waals surface area (Å²) in [4.78, 5) is 0. The van der Waals surface area contributed by atoms with Crippen molar-refractivity contribution in [2.45, 2.75) is 65.2 Å². The van der Waals surface area contributed by atoms with Gasteiger partial charge in [0.2, 0.25) is 0 Å². The molecule has 2 aromatic rings. The molecule has 2 rings (SSSR count). The second kappa shape index (κ2) is 17.9. The largest absolute Gasteiger partial charge is 0.494 e. The van der Waals surface area contributed by atoms with E-state index in [0.717, 1.165) is 61.6 Å². The van der Waals surface area contributed by atoms with Crippen molar-refractivity contribution in [2.24, 2.45) is 15.6 Å². The number of benzene rings is 2. The number of ether oxygens (including phenoxy) is 3. The van der Waals surface area contributed by atoms with Crippen LogP contribution >= 0.6 is 0 Å². The number of azo groups is 1. The summed E-state index contributed by atoms with van der Waals surface area (Å²) in [7, 11) is 0. The third-order valence-electron chi connectivity index (χ3n) is 5.89. The lowest BCUT2D eigenvalue weighted by Gasteiger charge is -2.24. The molecule has 0 atom stereocenters. The average molecular weight is 501 g/mol. The first kappa shape index (κ1) is 29.7. The summed E-state index contributed by atoms with van der Waals surface area (Å²) in [6.45, 7) is 6.30. The Kier molecular flexibility index (Phi) is 14.8. The zero-order valence-corrected chi connectivity index (χ0v) is 22.0. The summed E-state index contributed by atoms with van der Waals surface area (Å²) in [5.74, 6) is 1.69. The lowest BCUT2D eigenvalue weighted by molar-refractivity contribution is -0.0169. The van der Waals surface area contributed by atoms with Crippen LogP contribution in [0.3, 0.4) is 0 Å². The van der Waals surface area contributed by atoms with Crippen LogP contribution in [0.4, 0.5) is 11.4 Å². The molecular weight excluding hydrogens is 456 g/mol. The molecule has 36 heavy (non-hydrogen) atoms. The number of hydrogen-bond donors (Lipinski definition) is 2. The molecule has 0 aliphatic rings. The quantitative estimate of drug-likeness (QED) is 0.151. The molecule has 0 saturated heterocycles. The number of aliphatic hydroxyl groups excluding tert-OH is 2. The Labute approximate surface area is 216 Å². The van der Waals surface area contributed by atoms with Gasteiger partial charge in [-0.15, -0.1) is 0 Å². The number of unbranched alkanes of at least 4 members (excludes halogenated alkanes) is 6. The van der Waals surface area contributed by atoms with Crippen molar-refractivity contribution in [3.63, 3.8) is 0 Å². The van der Waals surface area contributed by atoms with Crippen molar-refractivity contribution < 1.29 is 24.4 Å². The SMILES string of the molecule is CCCCCCOc1ccc(N=Nc2ccc(OCCCCCCOCC(C)(CO)CO)cc2)cc1. The monoisotopic (exact) mass is 500 g/mol. The van der Waals surface area contributed by atoms with E-state index in [2.05, 4.69) is 17.2 Å². The van der Waals surface area contributed by atoms with Gasteiger partial charge >= 0.3 is 0 Å². The fraction of sp³-hybridized carbons (Fsp3) is 0.586. The van der Waals surface area contributed by atoms with Gasteiger partial charge in [-0.3, -0.25) is 0 Å². The Bertz CT molecular complexity index is 836. The highest BCUT2D eigenvalue weighted by Crippen LogP contribution is 2.23. The van der Waals surface area contributed by atoms with Crippen LogP contribution < -0.4 is 9.47 Å². The lowest BCUT2D eigenvalue weighted by Crippen LogP contribution is -2.31. The Balaban J connectivity index is 1.58. The molecule has 0 fully saturated rings. The van der Waals surface area contributed by atoms with E-state index >= 15 is 0 Å². The maximum Gasteiger partial charge on any atom is 0.119 e. The molecule has 7 heteroatoms. The molecule has 0 unspecified atom stereocenters. The van der Waals surface area contributed by atoms with Gasteiger partial charge in [-0.1, -0.05) is 39.5 Å². The van der Waals surface area contributed by atoms with Gasteiger partial charge in [0, 0.05) is 12.0 Å². The molecule has 0 radical (unpaired) electrons. The molecule has 0 amide bonds. The van der Waals surface area contributed by atoms with Gasteiger partial charge in [0.25, 0.3) is 0 Å². The normalized spacial score (nSPS) is 11.8. The van der Waals surface area contributed by atoms with Crippen molar-refractivity contribution in [3.05, 3.63) is 48.5 Å². The van der Waals surface area contributed by atoms with Gasteiger partial charge in [0.15, 0.2) is 0 Å². The van der Waals surface area contributed by atoms with E-state index in [9.17, 15) is 10.2 Å². The summed E-state index contributed by atoms with van der Waals surface area (Å²) in [6, 6.07) is 15.3.